The topological polar surface area (TPSA) is 32.8 Å². The molecule has 4 nitrogen and oxygen atoms in total. The predicted octanol–water partition coefficient (Wildman–Crippen LogP) is 4.75. The third-order valence-corrected chi connectivity index (χ3v) is 7.04. The van der Waals surface area contributed by atoms with Crippen molar-refractivity contribution in [3.8, 4) is 5.75 Å². The highest BCUT2D eigenvalue weighted by Crippen LogP contribution is 2.45. The van der Waals surface area contributed by atoms with Gasteiger partial charge in [0.2, 0.25) is 5.91 Å². The molecule has 0 aliphatic carbocycles. The van der Waals surface area contributed by atoms with E-state index < -0.39 is 0 Å². The van der Waals surface area contributed by atoms with Crippen molar-refractivity contribution in [1.82, 2.24) is 9.80 Å². The Bertz CT molecular complexity index is 876. The maximum atomic E-state index is 12.5. The van der Waals surface area contributed by atoms with E-state index >= 15 is 0 Å². The fourth-order valence-corrected chi connectivity index (χ4v) is 5.46. The number of carbonyl (C=O) groups is 1. The molecule has 3 heterocycles. The Balaban J connectivity index is 1.32. The van der Waals surface area contributed by atoms with E-state index in [2.05, 4.69) is 58.3 Å². The second kappa shape index (κ2) is 8.81. The van der Waals surface area contributed by atoms with E-state index in [0.29, 0.717) is 12.3 Å². The van der Waals surface area contributed by atoms with Crippen LogP contribution in [0.3, 0.4) is 0 Å². The van der Waals surface area contributed by atoms with Crippen molar-refractivity contribution in [2.75, 3.05) is 32.8 Å². The van der Waals surface area contributed by atoms with E-state index in [9.17, 15) is 4.79 Å². The summed E-state index contributed by atoms with van der Waals surface area (Å²) in [5, 5.41) is 0. The number of hydrogen-bond donors (Lipinski definition) is 0. The van der Waals surface area contributed by atoms with Gasteiger partial charge in [-0.3, -0.25) is 4.79 Å². The van der Waals surface area contributed by atoms with Gasteiger partial charge >= 0.3 is 0 Å². The van der Waals surface area contributed by atoms with Gasteiger partial charge in [-0.1, -0.05) is 42.8 Å². The van der Waals surface area contributed by atoms with Crippen LogP contribution >= 0.6 is 0 Å². The summed E-state index contributed by atoms with van der Waals surface area (Å²) in [5.41, 5.74) is 3.92. The number of ether oxygens (including phenoxy) is 1. The Hall–Kier alpha value is -2.33. The molecule has 3 aliphatic heterocycles. The van der Waals surface area contributed by atoms with E-state index in [1.54, 1.807) is 0 Å². The number of carbonyl (C=O) groups excluding carboxylic acids is 1. The van der Waals surface area contributed by atoms with Gasteiger partial charge in [0, 0.05) is 25.4 Å². The van der Waals surface area contributed by atoms with E-state index in [1.165, 1.54) is 49.0 Å². The van der Waals surface area contributed by atoms with Crippen LogP contribution in [0.5, 0.6) is 5.75 Å². The molecule has 158 valence electrons. The average molecular weight is 405 g/mol. The zero-order valence-electron chi connectivity index (χ0n) is 17.8. The van der Waals surface area contributed by atoms with E-state index in [-0.39, 0.29) is 12.0 Å². The SMILES string of the molecule is O=C1CC[C@@H]2c3ccc(OCCCN4CCCCC4)cc3[C@@H](c3ccccc3)CN12. The molecule has 5 rings (SSSR count). The van der Waals surface area contributed by atoms with E-state index in [4.69, 9.17) is 4.74 Å². The molecule has 0 spiro atoms. The molecule has 2 atom stereocenters. The van der Waals surface area contributed by atoms with Crippen LogP contribution in [0.1, 0.15) is 67.2 Å². The molecule has 0 aromatic heterocycles. The number of nitrogens with zero attached hydrogens (tertiary/aromatic N) is 2. The Morgan fingerprint density at radius 3 is 2.63 bits per heavy atom. The molecule has 2 aromatic carbocycles. The van der Waals surface area contributed by atoms with Crippen molar-refractivity contribution in [3.63, 3.8) is 0 Å². The van der Waals surface area contributed by atoms with Crippen LogP contribution in [0.15, 0.2) is 48.5 Å². The molecule has 0 bridgehead atoms. The summed E-state index contributed by atoms with van der Waals surface area (Å²) >= 11 is 0. The molecule has 0 N–H and O–H groups in total. The summed E-state index contributed by atoms with van der Waals surface area (Å²) in [6.45, 7) is 5.16. The summed E-state index contributed by atoms with van der Waals surface area (Å²) in [6.07, 6.45) is 6.74. The van der Waals surface area contributed by atoms with Gasteiger partial charge in [0.15, 0.2) is 0 Å². The third-order valence-electron chi connectivity index (χ3n) is 7.04. The number of rotatable bonds is 6. The van der Waals surface area contributed by atoms with Gasteiger partial charge in [0.1, 0.15) is 5.75 Å². The average Bonchev–Trinajstić information content (AvgIpc) is 3.18. The Kier molecular flexibility index (Phi) is 5.76. The van der Waals surface area contributed by atoms with Crippen LogP contribution < -0.4 is 4.74 Å². The molecular formula is C26H32N2O2. The van der Waals surface area contributed by atoms with Gasteiger partial charge in [-0.05, 0) is 67.6 Å². The van der Waals surface area contributed by atoms with Crippen molar-refractivity contribution in [3.05, 3.63) is 65.2 Å². The summed E-state index contributed by atoms with van der Waals surface area (Å²) in [5.74, 6) is 1.48. The van der Waals surface area contributed by atoms with Crippen molar-refractivity contribution in [2.45, 2.75) is 50.5 Å². The number of likely N-dealkylation sites (tertiary alicyclic amines) is 1. The molecule has 3 aliphatic rings. The third kappa shape index (κ3) is 3.98. The molecule has 4 heteroatoms. The lowest BCUT2D eigenvalue weighted by molar-refractivity contribution is -0.129. The van der Waals surface area contributed by atoms with Crippen LogP contribution in [0.4, 0.5) is 0 Å². The number of amides is 1. The standard InChI is InChI=1S/C26H32N2O2/c29-26-13-12-25-22-11-10-21(30-17-7-16-27-14-5-2-6-15-27)18-23(22)24(19-28(25)26)20-8-3-1-4-9-20/h1,3-4,8-11,18,24-25H,2,5-7,12-17,19H2/t24-,25-/m1/s1. The van der Waals surface area contributed by atoms with Crippen LogP contribution in [-0.4, -0.2) is 48.5 Å². The smallest absolute Gasteiger partial charge is 0.223 e. The second-order valence-electron chi connectivity index (χ2n) is 8.96. The number of piperidine rings is 1. The molecule has 1 amide bonds. The highest BCUT2D eigenvalue weighted by Gasteiger charge is 2.40. The minimum absolute atomic E-state index is 0.219. The van der Waals surface area contributed by atoms with Crippen LogP contribution in [0, 0.1) is 0 Å². The highest BCUT2D eigenvalue weighted by atomic mass is 16.5. The van der Waals surface area contributed by atoms with Gasteiger partial charge in [0.05, 0.1) is 12.6 Å². The van der Waals surface area contributed by atoms with Crippen molar-refractivity contribution >= 4 is 5.91 Å². The first kappa shape index (κ1) is 19.6. The molecular weight excluding hydrogens is 372 g/mol. The van der Waals surface area contributed by atoms with Gasteiger partial charge in [-0.15, -0.1) is 0 Å². The maximum Gasteiger partial charge on any atom is 0.223 e. The highest BCUT2D eigenvalue weighted by molar-refractivity contribution is 5.80. The van der Waals surface area contributed by atoms with Gasteiger partial charge in [0.25, 0.3) is 0 Å². The quantitative estimate of drug-likeness (QED) is 0.652. The van der Waals surface area contributed by atoms with Gasteiger partial charge in [-0.2, -0.15) is 0 Å². The molecule has 2 fully saturated rings. The first-order chi connectivity index (χ1) is 14.8. The molecule has 0 radical (unpaired) electrons. The van der Waals surface area contributed by atoms with Crippen LogP contribution in [0.2, 0.25) is 0 Å². The summed E-state index contributed by atoms with van der Waals surface area (Å²) < 4.78 is 6.17. The molecule has 0 saturated carbocycles. The largest absolute Gasteiger partial charge is 0.494 e. The summed E-state index contributed by atoms with van der Waals surface area (Å²) in [7, 11) is 0. The van der Waals surface area contributed by atoms with Gasteiger partial charge < -0.3 is 14.5 Å². The second-order valence-corrected chi connectivity index (χ2v) is 8.96. The van der Waals surface area contributed by atoms with Crippen LogP contribution in [0.25, 0.3) is 0 Å². The van der Waals surface area contributed by atoms with Crippen molar-refractivity contribution in [1.29, 1.82) is 0 Å². The Morgan fingerprint density at radius 2 is 1.80 bits per heavy atom. The Labute approximate surface area is 179 Å². The normalized spacial score (nSPS) is 23.9. The molecule has 30 heavy (non-hydrogen) atoms. The fourth-order valence-electron chi connectivity index (χ4n) is 5.46. The monoisotopic (exact) mass is 404 g/mol. The summed E-state index contributed by atoms with van der Waals surface area (Å²) in [6, 6.07) is 17.4. The zero-order chi connectivity index (χ0) is 20.3. The molecule has 0 unspecified atom stereocenters. The lowest BCUT2D eigenvalue weighted by Gasteiger charge is -2.37. The van der Waals surface area contributed by atoms with Crippen molar-refractivity contribution in [2.24, 2.45) is 0 Å². The van der Waals surface area contributed by atoms with E-state index in [0.717, 1.165) is 38.3 Å². The first-order valence-electron chi connectivity index (χ1n) is 11.6. The fraction of sp³-hybridized carbons (Fsp3) is 0.500. The minimum Gasteiger partial charge on any atom is -0.494 e. The Morgan fingerprint density at radius 1 is 0.967 bits per heavy atom. The zero-order valence-corrected chi connectivity index (χ0v) is 17.8. The molecule has 2 aromatic rings. The maximum absolute atomic E-state index is 12.5. The number of hydrogen-bond acceptors (Lipinski definition) is 3. The lowest BCUT2D eigenvalue weighted by atomic mass is 9.81. The van der Waals surface area contributed by atoms with Gasteiger partial charge in [-0.25, -0.2) is 0 Å². The van der Waals surface area contributed by atoms with Crippen molar-refractivity contribution < 1.29 is 9.53 Å². The number of fused-ring (bicyclic) bond motifs is 3. The minimum atomic E-state index is 0.219. The molecule has 2 saturated heterocycles. The van der Waals surface area contributed by atoms with E-state index in [1.807, 2.05) is 0 Å². The predicted molar refractivity (Wildman–Crippen MR) is 119 cm³/mol. The first-order valence-corrected chi connectivity index (χ1v) is 11.6. The summed E-state index contributed by atoms with van der Waals surface area (Å²) in [4.78, 5) is 17.1. The van der Waals surface area contributed by atoms with Crippen LogP contribution in [-0.2, 0) is 4.79 Å². The lowest BCUT2D eigenvalue weighted by Crippen LogP contribution is -2.37. The number of benzene rings is 2.